The number of benzene rings is 1. The number of carbonyl (C=O) groups is 1. The summed E-state index contributed by atoms with van der Waals surface area (Å²) >= 11 is 1.37. The first kappa shape index (κ1) is 10.7. The molecule has 0 aliphatic carbocycles. The van der Waals surface area contributed by atoms with E-state index in [1.54, 1.807) is 0 Å². The Labute approximate surface area is 95.2 Å². The maximum absolute atomic E-state index is 10.7. The highest BCUT2D eigenvalue weighted by atomic mass is 32.1. The molecule has 2 amide bonds. The van der Waals surface area contributed by atoms with Crippen LogP contribution in [0.2, 0.25) is 0 Å². The number of hydrogen-bond acceptors (Lipinski definition) is 5. The Balaban J connectivity index is 2.37. The molecular formula is C9H9N5OS. The van der Waals surface area contributed by atoms with Gasteiger partial charge in [0.05, 0.1) is 10.2 Å². The average molecular weight is 235 g/mol. The second kappa shape index (κ2) is 4.33. The minimum atomic E-state index is -0.698. The number of urea groups is 1. The number of nitrogens with one attached hydrogen (secondary N) is 1. The Bertz CT molecular complexity index is 562. The van der Waals surface area contributed by atoms with Gasteiger partial charge in [-0.2, -0.15) is 0 Å². The van der Waals surface area contributed by atoms with Crippen molar-refractivity contribution in [2.45, 2.75) is 6.92 Å². The van der Waals surface area contributed by atoms with Gasteiger partial charge >= 0.3 is 6.03 Å². The van der Waals surface area contributed by atoms with Crippen LogP contribution in [0.15, 0.2) is 28.4 Å². The van der Waals surface area contributed by atoms with Crippen LogP contribution >= 0.6 is 11.3 Å². The second-order valence-corrected chi connectivity index (χ2v) is 4.08. The first-order chi connectivity index (χ1) is 7.70. The normalized spacial score (nSPS) is 11.1. The number of nitrogens with two attached hydrogens (primary N) is 1. The summed E-state index contributed by atoms with van der Waals surface area (Å²) in [5, 5.41) is 7.47. The fraction of sp³-hybridized carbons (Fsp3) is 0.111. The number of thiazole rings is 1. The molecule has 0 spiro atoms. The van der Waals surface area contributed by atoms with Crippen molar-refractivity contribution in [2.24, 2.45) is 16.1 Å². The first-order valence-corrected chi connectivity index (χ1v) is 5.31. The van der Waals surface area contributed by atoms with Gasteiger partial charge < -0.3 is 0 Å². The highest BCUT2D eigenvalue weighted by molar-refractivity contribution is 7.21. The molecule has 0 radical (unpaired) electrons. The summed E-state index contributed by atoms with van der Waals surface area (Å²) in [5.74, 6) is 4.87. The van der Waals surface area contributed by atoms with Crippen LogP contribution in [-0.2, 0) is 0 Å². The molecule has 16 heavy (non-hydrogen) atoms. The third-order valence-electron chi connectivity index (χ3n) is 1.96. The Morgan fingerprint density at radius 2 is 2.38 bits per heavy atom. The lowest BCUT2D eigenvalue weighted by Crippen LogP contribution is -2.26. The Morgan fingerprint density at radius 3 is 3.06 bits per heavy atom. The van der Waals surface area contributed by atoms with E-state index in [9.17, 15) is 4.79 Å². The molecule has 2 aromatic rings. The van der Waals surface area contributed by atoms with Gasteiger partial charge in [-0.05, 0) is 18.6 Å². The number of amides is 2. The average Bonchev–Trinajstić information content (AvgIpc) is 2.70. The van der Waals surface area contributed by atoms with Crippen molar-refractivity contribution >= 4 is 32.7 Å². The van der Waals surface area contributed by atoms with Gasteiger partial charge in [0.2, 0.25) is 5.13 Å². The van der Waals surface area contributed by atoms with E-state index < -0.39 is 6.03 Å². The summed E-state index contributed by atoms with van der Waals surface area (Å²) in [5.41, 5.74) is 3.81. The molecule has 0 saturated carbocycles. The maximum Gasteiger partial charge on any atom is 0.373 e. The lowest BCUT2D eigenvalue weighted by molar-refractivity contribution is 0.248. The van der Waals surface area contributed by atoms with Crippen molar-refractivity contribution in [3.8, 4) is 0 Å². The smallest absolute Gasteiger partial charge is 0.273 e. The number of para-hydroxylation sites is 1. The molecule has 0 atom stereocenters. The zero-order valence-corrected chi connectivity index (χ0v) is 9.28. The highest BCUT2D eigenvalue weighted by Crippen LogP contribution is 2.29. The number of aryl methyl sites for hydroxylation is 1. The van der Waals surface area contributed by atoms with E-state index in [1.807, 2.05) is 30.5 Å². The third kappa shape index (κ3) is 2.05. The molecule has 0 aliphatic heterocycles. The largest absolute Gasteiger partial charge is 0.373 e. The van der Waals surface area contributed by atoms with Crippen molar-refractivity contribution < 1.29 is 4.79 Å². The van der Waals surface area contributed by atoms with Gasteiger partial charge in [0.15, 0.2) is 0 Å². The molecule has 0 bridgehead atoms. The van der Waals surface area contributed by atoms with E-state index in [4.69, 9.17) is 5.84 Å². The number of aromatic nitrogens is 1. The van der Waals surface area contributed by atoms with Crippen LogP contribution in [0.25, 0.3) is 10.2 Å². The topological polar surface area (TPSA) is 92.7 Å². The lowest BCUT2D eigenvalue weighted by atomic mass is 10.2. The third-order valence-corrected chi connectivity index (χ3v) is 2.86. The number of carbonyl (C=O) groups excluding carboxylic acids is 1. The summed E-state index contributed by atoms with van der Waals surface area (Å²) in [6, 6.07) is 5.16. The number of nitrogens with zero attached hydrogens (tertiary/aromatic N) is 3. The fourth-order valence-electron chi connectivity index (χ4n) is 1.23. The molecule has 1 aromatic heterocycles. The number of rotatable bonds is 1. The molecule has 0 saturated heterocycles. The maximum atomic E-state index is 10.7. The van der Waals surface area contributed by atoms with Crippen LogP contribution in [0, 0.1) is 6.92 Å². The van der Waals surface area contributed by atoms with E-state index >= 15 is 0 Å². The molecule has 1 aromatic carbocycles. The van der Waals surface area contributed by atoms with E-state index in [0.717, 1.165) is 15.8 Å². The van der Waals surface area contributed by atoms with Gasteiger partial charge in [-0.15, -0.1) is 5.11 Å². The zero-order valence-electron chi connectivity index (χ0n) is 8.47. The SMILES string of the molecule is Cc1cccc2sc(N=NC(=O)NN)nc12. The lowest BCUT2D eigenvalue weighted by Gasteiger charge is -1.90. The van der Waals surface area contributed by atoms with E-state index in [-0.39, 0.29) is 0 Å². The van der Waals surface area contributed by atoms with Crippen LogP contribution in [0.3, 0.4) is 0 Å². The molecular weight excluding hydrogens is 226 g/mol. The van der Waals surface area contributed by atoms with Gasteiger partial charge in [-0.3, -0.25) is 5.43 Å². The van der Waals surface area contributed by atoms with Gasteiger partial charge in [-0.1, -0.05) is 28.6 Å². The van der Waals surface area contributed by atoms with Gasteiger partial charge in [-0.25, -0.2) is 15.6 Å². The van der Waals surface area contributed by atoms with Crippen LogP contribution in [0.5, 0.6) is 0 Å². The van der Waals surface area contributed by atoms with E-state index in [0.29, 0.717) is 5.13 Å². The quantitative estimate of drug-likeness (QED) is 0.343. The summed E-state index contributed by atoms with van der Waals surface area (Å²) in [6.45, 7) is 1.97. The first-order valence-electron chi connectivity index (χ1n) is 4.49. The van der Waals surface area contributed by atoms with Crippen molar-refractivity contribution in [3.05, 3.63) is 23.8 Å². The summed E-state index contributed by atoms with van der Waals surface area (Å²) in [6.07, 6.45) is 0. The number of azo groups is 1. The Kier molecular flexibility index (Phi) is 2.88. The predicted molar refractivity (Wildman–Crippen MR) is 61.6 cm³/mol. The minimum Gasteiger partial charge on any atom is -0.273 e. The highest BCUT2D eigenvalue weighted by Gasteiger charge is 2.04. The van der Waals surface area contributed by atoms with Crippen LogP contribution < -0.4 is 11.3 Å². The molecule has 82 valence electrons. The molecule has 2 rings (SSSR count). The molecule has 7 heteroatoms. The standard InChI is InChI=1S/C9H9N5OS/c1-5-3-2-4-6-7(5)11-9(16-6)14-13-8(15)12-10/h2-4H,10H2,1H3,(H,12,15). The number of fused-ring (bicyclic) bond motifs is 1. The van der Waals surface area contributed by atoms with E-state index in [1.165, 1.54) is 11.3 Å². The molecule has 6 nitrogen and oxygen atoms in total. The van der Waals surface area contributed by atoms with Crippen molar-refractivity contribution in [1.29, 1.82) is 0 Å². The minimum absolute atomic E-state index is 0.438. The van der Waals surface area contributed by atoms with Crippen molar-refractivity contribution in [1.82, 2.24) is 10.4 Å². The molecule has 1 heterocycles. The summed E-state index contributed by atoms with van der Waals surface area (Å²) < 4.78 is 1.02. The van der Waals surface area contributed by atoms with Crippen LogP contribution in [0.4, 0.5) is 9.93 Å². The van der Waals surface area contributed by atoms with E-state index in [2.05, 4.69) is 15.2 Å². The van der Waals surface area contributed by atoms with Crippen LogP contribution in [0.1, 0.15) is 5.56 Å². The summed E-state index contributed by atoms with van der Waals surface area (Å²) in [4.78, 5) is 15.0. The van der Waals surface area contributed by atoms with Gasteiger partial charge in [0.1, 0.15) is 0 Å². The molecule has 0 aliphatic rings. The zero-order chi connectivity index (χ0) is 11.5. The summed E-state index contributed by atoms with van der Waals surface area (Å²) in [7, 11) is 0. The number of hydrazine groups is 1. The Hall–Kier alpha value is -1.86. The van der Waals surface area contributed by atoms with Gasteiger partial charge in [0.25, 0.3) is 0 Å². The second-order valence-electron chi connectivity index (χ2n) is 3.07. The monoisotopic (exact) mass is 235 g/mol. The number of hydrogen-bond donors (Lipinski definition) is 2. The fourth-order valence-corrected chi connectivity index (χ4v) is 2.10. The van der Waals surface area contributed by atoms with Crippen molar-refractivity contribution in [2.75, 3.05) is 0 Å². The van der Waals surface area contributed by atoms with Crippen molar-refractivity contribution in [3.63, 3.8) is 0 Å². The molecule has 0 unspecified atom stereocenters. The van der Waals surface area contributed by atoms with Gasteiger partial charge in [0, 0.05) is 0 Å². The van der Waals surface area contributed by atoms with Crippen LogP contribution in [-0.4, -0.2) is 11.0 Å². The molecule has 3 N–H and O–H groups in total. The predicted octanol–water partition coefficient (Wildman–Crippen LogP) is 2.27. The Morgan fingerprint density at radius 1 is 1.56 bits per heavy atom. The molecule has 0 fully saturated rings.